The van der Waals surface area contributed by atoms with Crippen LogP contribution in [0.2, 0.25) is 0 Å². The van der Waals surface area contributed by atoms with Crippen molar-refractivity contribution in [1.82, 2.24) is 49.7 Å². The maximum absolute atomic E-state index is 12.6. The number of carbonyl (C=O) groups is 4. The van der Waals surface area contributed by atoms with Gasteiger partial charge < -0.3 is 37.9 Å². The Morgan fingerprint density at radius 3 is 1.27 bits per heavy atom. The van der Waals surface area contributed by atoms with E-state index in [9.17, 15) is 33.7 Å². The number of aryl methyl sites for hydroxylation is 12. The Bertz CT molecular complexity index is 7350. The molecule has 0 fully saturated rings. The predicted molar refractivity (Wildman–Crippen MR) is 552 cm³/mol. The van der Waals surface area contributed by atoms with Crippen molar-refractivity contribution in [3.8, 4) is 0 Å². The first kappa shape index (κ1) is 128. The first-order chi connectivity index (χ1) is 63.6. The Labute approximate surface area is 984 Å². The number of nitrogens with one attached hydrogen (secondary N) is 2. The molecule has 0 bridgehead atoms. The number of nitrogens with zero attached hydrogens (tertiary/aromatic N) is 16. The number of aromatic amines is 2. The van der Waals surface area contributed by atoms with Gasteiger partial charge in [-0.15, -0.1) is 115 Å². The second kappa shape index (κ2) is 61.4. The number of rotatable bonds is 2. The molecule has 0 saturated carbocycles. The molecular formula is C100H87Br4FIN22O7Y5-5. The van der Waals surface area contributed by atoms with E-state index in [0.29, 0.717) is 68.1 Å². The quantitative estimate of drug-likeness (QED) is 0.0234. The van der Waals surface area contributed by atoms with E-state index in [4.69, 9.17) is 73.7 Å². The monoisotopic (exact) mass is 2610 g/mol. The zero-order valence-electron chi connectivity index (χ0n) is 79.0. The smallest absolute Gasteiger partial charge is 0.426 e. The van der Waals surface area contributed by atoms with E-state index in [0.717, 1.165) is 133 Å². The van der Waals surface area contributed by atoms with Gasteiger partial charge in [0, 0.05) is 226 Å². The average molecular weight is 2620 g/mol. The van der Waals surface area contributed by atoms with Crippen LogP contribution in [0.5, 0.6) is 0 Å². The van der Waals surface area contributed by atoms with Gasteiger partial charge in [0.15, 0.2) is 34.7 Å². The molecule has 10 N–H and O–H groups in total. The molecule has 140 heavy (non-hydrogen) atoms. The number of non-ortho nitro benzene ring substituents is 1. The Morgan fingerprint density at radius 2 is 0.836 bits per heavy atom. The summed E-state index contributed by atoms with van der Waals surface area (Å²) in [6.45, 7) is 78.8. The molecule has 0 aliphatic rings. The number of halogens is 6. The fraction of sp³-hybridized carbons (Fsp3) is 0.180. The van der Waals surface area contributed by atoms with Crippen molar-refractivity contribution in [2.75, 3.05) is 22.9 Å². The zero-order valence-corrected chi connectivity index (χ0v) is 102. The number of anilines is 4. The Hall–Kier alpha value is -9.62. The number of nitrogens with two attached hydrogens (primary N) is 4. The minimum Gasteiger partial charge on any atom is -0.443 e. The van der Waals surface area contributed by atoms with E-state index < -0.39 is 22.4 Å². The number of hydrogen-bond acceptors (Lipinski definition) is 16. The van der Waals surface area contributed by atoms with Crippen LogP contribution < -0.4 is 22.9 Å². The van der Waals surface area contributed by atoms with Gasteiger partial charge in [-0.2, -0.15) is 0 Å². The first-order valence-electron chi connectivity index (χ1n) is 39.7. The molecule has 0 saturated heterocycles. The van der Waals surface area contributed by atoms with Crippen LogP contribution in [0.25, 0.3) is 88.4 Å². The molecule has 0 unspecified atom stereocenters. The van der Waals surface area contributed by atoms with Crippen molar-refractivity contribution < 1.29 is 197 Å². The summed E-state index contributed by atoms with van der Waals surface area (Å²) in [4.78, 5) is 77.3. The van der Waals surface area contributed by atoms with Gasteiger partial charge in [0.25, 0.3) is 5.69 Å². The molecule has 16 aromatic rings. The van der Waals surface area contributed by atoms with Crippen LogP contribution in [0.1, 0.15) is 121 Å². The first-order valence-corrected chi connectivity index (χ1v) is 44.0. The molecule has 0 amide bonds. The predicted octanol–water partition coefficient (Wildman–Crippen LogP) is 27.8. The zero-order chi connectivity index (χ0) is 101. The molecule has 0 atom stereocenters. The van der Waals surface area contributed by atoms with Crippen LogP contribution in [0.4, 0.5) is 77.4 Å². The van der Waals surface area contributed by atoms with E-state index in [1.54, 1.807) is 68.2 Å². The number of nitro benzene ring substituents is 1. The normalized spacial score (nSPS) is 9.63. The maximum Gasteiger partial charge on any atom is 0.426 e. The van der Waals surface area contributed by atoms with Crippen LogP contribution in [0.3, 0.4) is 0 Å². The number of nitrogen functional groups attached to an aromatic ring is 4. The summed E-state index contributed by atoms with van der Waals surface area (Å²) in [5, 5.41) is 39.9. The standard InChI is InChI=1S/C13H14BrN2O2.C11H8N3O.C10H8BrN2O.C9H6N3.C9H10N2.C8H6BrN2.C8H10BrN.C8H4FNO.C8H7IN2.C8H6N2O2.C8H8N2.5Y/c1-8-5-11-9(6-10(8)14)7-15-16(11)12(17)18-13(2,3)4;1-7-4-11-9(5-10(7)12-3)6-13-14(11)8(2)15;1-6-3-10-8(4-9(6)11)5-12-13(10)7(2)14;1-6-3-9-7(5-11-12-9)4-8(6)10-2;1-6-5-9(11-3)7(2)4-8(6)10;1-5-2-8-6(3-7(5)9)4-10-11-8;1-5-4-8(10)6(2)3-7(5)9;1-10-7-2-3-8(9)6(4-7)5-11;1-5-3-7(10)6(9)4-8(5)11-2;1-6-5-7(10(11)12)3-4-8(6)9-2;1-6-5-7(9)3-4-8(6)10-2;;;;;/h5,7H,1-4H3;4,6H,1-2H3;3,5H,1-2H3;3,5H,1H3,(H,11,12);4-5H,10H2,1-2H3;2,4H,1H3,(H,10,11);3-4H,10H2,1-2H3;2-5H;3-4H,10H2,1H3;3-5H,1H3;3-5H,9H2,1H3;;;;;/q4*-1;;-1;;;;;;;;;;. The molecule has 16 rings (SSSR count). The SMILES string of the molecule is CC(=O)n1ncc2[c-]c(Br)c(C)cc21.Cc1cc(Br)c(C)cc1N.Cc1cc2[nH]ncc2[c-]c1Br.Cc1cc2c([c-]c1Br)cnn2C(=O)OC(C)(C)C.[C-]#[N+]c1[c-]c2cn[nH]c2cc1C.[C-]#[N+]c1[c-]c2cnn(C(C)=O)c2cc1C.[C-]#[N+]c1cc(C)c(N)cc1C.[C-]#[N+]c1cc(I)c(N)cc1C.[C-]#[N+]c1ccc(F)c(C=O)c1.[C-]#[N+]c1ccc(N)cc1C.[C-]#[N+]c1ccc([N+](=O)[O-])cc1C.[Y].[Y].[Y].[Y].[Y]. The molecule has 701 valence electrons. The third-order valence-electron chi connectivity index (χ3n) is 18.7. The van der Waals surface area contributed by atoms with Gasteiger partial charge in [-0.05, 0) is 250 Å². The van der Waals surface area contributed by atoms with Crippen molar-refractivity contribution in [2.24, 2.45) is 0 Å². The molecular weight excluding hydrogens is 2530 g/mol. The fourth-order valence-electron chi connectivity index (χ4n) is 11.4. The van der Waals surface area contributed by atoms with Gasteiger partial charge in [0.05, 0.1) is 50.9 Å². The molecule has 11 aromatic carbocycles. The Kier molecular flexibility index (Phi) is 56.3. The number of carbonyl (C=O) groups excluding carboxylic acids is 4. The number of benzene rings is 11. The van der Waals surface area contributed by atoms with Crippen LogP contribution in [-0.2, 0) is 168 Å². The number of H-pyrrole nitrogens is 2. The second-order valence-corrected chi connectivity index (χ2v) is 34.8. The van der Waals surface area contributed by atoms with Gasteiger partial charge in [-0.1, -0.05) is 130 Å². The van der Waals surface area contributed by atoms with Crippen molar-refractivity contribution in [3.63, 3.8) is 0 Å². The molecule has 0 spiro atoms. The van der Waals surface area contributed by atoms with Crippen molar-refractivity contribution in [3.05, 3.63) is 372 Å². The average Bonchev–Trinajstić information content (AvgIpc) is 1.70. The van der Waals surface area contributed by atoms with E-state index in [1.165, 1.54) is 69.4 Å². The topological polar surface area (TPSA) is 366 Å². The Morgan fingerprint density at radius 1 is 0.450 bits per heavy atom. The summed E-state index contributed by atoms with van der Waals surface area (Å²) in [5.74, 6) is -0.823. The maximum atomic E-state index is 12.6. The summed E-state index contributed by atoms with van der Waals surface area (Å²) in [6, 6.07) is 49.2. The molecule has 5 aromatic heterocycles. The van der Waals surface area contributed by atoms with Crippen LogP contribution in [-0.4, -0.2) is 84.5 Å². The van der Waals surface area contributed by atoms with Gasteiger partial charge in [-0.3, -0.25) is 43.6 Å². The second-order valence-electron chi connectivity index (χ2n) is 30.4. The van der Waals surface area contributed by atoms with Gasteiger partial charge in [0.2, 0.25) is 11.8 Å². The summed E-state index contributed by atoms with van der Waals surface area (Å²) < 4.78 is 26.7. The molecule has 29 nitrogen and oxygen atoms in total. The number of aromatic nitrogens is 10. The van der Waals surface area contributed by atoms with Crippen molar-refractivity contribution in [1.29, 1.82) is 0 Å². The summed E-state index contributed by atoms with van der Waals surface area (Å²) in [7, 11) is 0. The summed E-state index contributed by atoms with van der Waals surface area (Å²) >= 11 is 15.7. The Balaban J connectivity index is 0.000000771. The summed E-state index contributed by atoms with van der Waals surface area (Å²) in [5.41, 5.74) is 44.6. The molecule has 5 heterocycles. The number of hydrogen-bond donors (Lipinski definition) is 6. The van der Waals surface area contributed by atoms with Gasteiger partial charge >= 0.3 is 6.09 Å². The summed E-state index contributed by atoms with van der Waals surface area (Å²) in [6.07, 6.45) is 8.13. The van der Waals surface area contributed by atoms with Crippen molar-refractivity contribution in [2.45, 2.75) is 123 Å². The van der Waals surface area contributed by atoms with Gasteiger partial charge in [0.1, 0.15) is 22.8 Å². The van der Waals surface area contributed by atoms with E-state index >= 15 is 0 Å². The third-order valence-corrected chi connectivity index (χ3v) is 23.0. The van der Waals surface area contributed by atoms with Crippen LogP contribution >= 0.6 is 86.3 Å². The molecule has 0 aliphatic carbocycles. The third kappa shape index (κ3) is 38.2. The number of nitro groups is 1. The molecule has 0 aliphatic heterocycles. The van der Waals surface area contributed by atoms with Crippen LogP contribution in [0, 0.1) is 179 Å². The van der Waals surface area contributed by atoms with E-state index in [1.807, 2.05) is 152 Å². The molecule has 40 heteroatoms. The van der Waals surface area contributed by atoms with Crippen molar-refractivity contribution >= 4 is 233 Å². The molecule has 5 radical (unpaired) electrons. The largest absolute Gasteiger partial charge is 0.443 e. The fourth-order valence-corrected chi connectivity index (χ4v) is 13.3. The number of ether oxygens (including phenoxy) is 1. The minimum atomic E-state index is -0.590. The minimum absolute atomic E-state index is 0. The number of aldehydes is 1. The number of fused-ring (bicyclic) bond motifs is 5. The van der Waals surface area contributed by atoms with E-state index in [2.05, 4.69) is 186 Å². The van der Waals surface area contributed by atoms with E-state index in [-0.39, 0.29) is 192 Å². The van der Waals surface area contributed by atoms with Crippen LogP contribution in [0.15, 0.2) is 170 Å². The van der Waals surface area contributed by atoms with Gasteiger partial charge in [-0.25, -0.2) is 63.6 Å².